The van der Waals surface area contributed by atoms with E-state index in [1.165, 1.54) is 38.3 Å². The van der Waals surface area contributed by atoms with Gasteiger partial charge in [-0.3, -0.25) is 19.3 Å². The molecule has 1 aromatic carbocycles. The molecule has 1 aliphatic carbocycles. The summed E-state index contributed by atoms with van der Waals surface area (Å²) in [6.07, 6.45) is 18.6. The van der Waals surface area contributed by atoms with Crippen LogP contribution in [0, 0.1) is 11.3 Å². The molecule has 0 bridgehead atoms. The lowest BCUT2D eigenvalue weighted by Gasteiger charge is -2.48. The van der Waals surface area contributed by atoms with Crippen LogP contribution in [0.2, 0.25) is 5.02 Å². The van der Waals surface area contributed by atoms with E-state index in [9.17, 15) is 9.59 Å². The van der Waals surface area contributed by atoms with E-state index in [2.05, 4.69) is 30.3 Å². The lowest BCUT2D eigenvalue weighted by Crippen LogP contribution is -2.56. The third-order valence-electron chi connectivity index (χ3n) is 10.1. The first-order valence-electron chi connectivity index (χ1n) is 16.2. The van der Waals surface area contributed by atoms with E-state index >= 15 is 0 Å². The van der Waals surface area contributed by atoms with Crippen LogP contribution in [-0.4, -0.2) is 84.6 Å². The molecule has 3 aromatic rings. The van der Waals surface area contributed by atoms with Gasteiger partial charge in [0.25, 0.3) is 5.91 Å². The number of halogens is 1. The van der Waals surface area contributed by atoms with E-state index in [0.717, 1.165) is 50.9 Å². The quantitative estimate of drug-likeness (QED) is 0.378. The van der Waals surface area contributed by atoms with E-state index in [1.807, 2.05) is 40.2 Å². The second-order valence-electron chi connectivity index (χ2n) is 12.8. The summed E-state index contributed by atoms with van der Waals surface area (Å²) in [4.78, 5) is 43.5. The number of carbonyl (C=O) groups excluding carboxylic acids is 2. The third-order valence-corrected chi connectivity index (χ3v) is 10.4. The Labute approximate surface area is 264 Å². The number of hydrogen-bond donors (Lipinski definition) is 1. The van der Waals surface area contributed by atoms with Crippen molar-refractivity contribution in [3.8, 4) is 0 Å². The molecule has 1 saturated carbocycles. The van der Waals surface area contributed by atoms with Gasteiger partial charge in [-0.15, -0.1) is 0 Å². The van der Waals surface area contributed by atoms with Crippen molar-refractivity contribution >= 4 is 23.4 Å². The van der Waals surface area contributed by atoms with Gasteiger partial charge < -0.3 is 15.1 Å². The Morgan fingerprint density at radius 2 is 1.68 bits per heavy atom. The Bertz CT molecular complexity index is 1350. The van der Waals surface area contributed by atoms with Gasteiger partial charge in [-0.2, -0.15) is 5.10 Å². The zero-order chi connectivity index (χ0) is 30.4. The molecule has 2 amide bonds. The van der Waals surface area contributed by atoms with Gasteiger partial charge in [0, 0.05) is 56.2 Å². The normalized spacial score (nSPS) is 20.4. The molecule has 10 nitrogen and oxygen atoms in total. The number of benzene rings is 1. The van der Waals surface area contributed by atoms with E-state index in [4.69, 9.17) is 11.6 Å². The number of rotatable bonds is 9. The average Bonchev–Trinajstić information content (AvgIpc) is 3.59. The highest BCUT2D eigenvalue weighted by Crippen LogP contribution is 2.47. The fraction of sp³-hybridized carbons (Fsp3) is 0.576. The van der Waals surface area contributed by atoms with Crippen molar-refractivity contribution in [2.24, 2.45) is 11.3 Å². The summed E-state index contributed by atoms with van der Waals surface area (Å²) in [5.74, 6) is 0.734. The highest BCUT2D eigenvalue weighted by molar-refractivity contribution is 6.30. The highest BCUT2D eigenvalue weighted by atomic mass is 35.5. The van der Waals surface area contributed by atoms with Crippen LogP contribution in [0.1, 0.15) is 73.8 Å². The molecule has 0 radical (unpaired) electrons. The Morgan fingerprint density at radius 1 is 0.932 bits per heavy atom. The number of carbonyl (C=O) groups is 2. The first-order valence-corrected chi connectivity index (χ1v) is 16.5. The van der Waals surface area contributed by atoms with Gasteiger partial charge in [-0.25, -0.2) is 9.97 Å². The summed E-state index contributed by atoms with van der Waals surface area (Å²) in [5, 5.41) is 8.87. The number of piperidine rings is 2. The van der Waals surface area contributed by atoms with E-state index in [0.29, 0.717) is 36.1 Å². The molecule has 1 N–H and O–H groups in total. The molecule has 1 atom stereocenters. The minimum absolute atomic E-state index is 0.0917. The minimum atomic E-state index is -0.346. The topological polar surface area (TPSA) is 109 Å². The largest absolute Gasteiger partial charge is 0.341 e. The van der Waals surface area contributed by atoms with Gasteiger partial charge >= 0.3 is 0 Å². The van der Waals surface area contributed by atoms with Crippen molar-refractivity contribution in [3.05, 3.63) is 71.8 Å². The molecular weight excluding hydrogens is 576 g/mol. The minimum Gasteiger partial charge on any atom is -0.341 e. The molecule has 2 aliphatic heterocycles. The predicted molar refractivity (Wildman–Crippen MR) is 168 cm³/mol. The van der Waals surface area contributed by atoms with E-state index in [1.54, 1.807) is 18.7 Å². The number of amides is 2. The maximum atomic E-state index is 14.2. The molecule has 11 heteroatoms. The van der Waals surface area contributed by atoms with Crippen LogP contribution < -0.4 is 5.32 Å². The molecular formula is C33H43ClN8O2. The zero-order valence-corrected chi connectivity index (χ0v) is 26.1. The Balaban J connectivity index is 1.12. The average molecular weight is 619 g/mol. The molecule has 3 fully saturated rings. The monoisotopic (exact) mass is 618 g/mol. The smallest absolute Gasteiger partial charge is 0.274 e. The standard InChI is InChI=1S/C33H43ClN8O2/c34-27-8-6-25(7-9-27)20-29(39-28-10-16-40(17-11-28)32(44)30-21-35-14-15-37-30)31(43)41-18-12-33(13-19-41,22-42-24-36-23-38-42)26-4-2-1-3-5-26/h6-9,14-15,21,23-24,26,28-29,39H,1-5,10-13,16-20,22H2/t29-/m1/s1. The van der Waals surface area contributed by atoms with Crippen molar-refractivity contribution in [1.82, 2.24) is 39.8 Å². The van der Waals surface area contributed by atoms with E-state index in [-0.39, 0.29) is 29.3 Å². The van der Waals surface area contributed by atoms with Gasteiger partial charge in [-0.1, -0.05) is 43.0 Å². The zero-order valence-electron chi connectivity index (χ0n) is 25.4. The SMILES string of the molecule is O=C(c1cnccn1)N1CCC(N[C@H](Cc2ccc(Cl)cc2)C(=O)N2CCC(Cn3cncn3)(C3CCCCC3)CC2)CC1. The number of aromatic nitrogens is 5. The Hall–Kier alpha value is -3.37. The van der Waals surface area contributed by atoms with Crippen LogP contribution in [0.4, 0.5) is 0 Å². The van der Waals surface area contributed by atoms with Crippen LogP contribution in [0.3, 0.4) is 0 Å². The van der Waals surface area contributed by atoms with Crippen LogP contribution >= 0.6 is 11.6 Å². The maximum absolute atomic E-state index is 14.2. The summed E-state index contributed by atoms with van der Waals surface area (Å²) in [5.41, 5.74) is 1.59. The lowest BCUT2D eigenvalue weighted by molar-refractivity contribution is -0.137. The molecule has 2 aromatic heterocycles. The summed E-state index contributed by atoms with van der Waals surface area (Å²) in [6, 6.07) is 7.59. The number of likely N-dealkylation sites (tertiary alicyclic amines) is 2. The fourth-order valence-electron chi connectivity index (χ4n) is 7.62. The van der Waals surface area contributed by atoms with Crippen molar-refractivity contribution in [1.29, 1.82) is 0 Å². The summed E-state index contributed by atoms with van der Waals surface area (Å²) in [6.45, 7) is 3.62. The van der Waals surface area contributed by atoms with Crippen LogP contribution in [0.25, 0.3) is 0 Å². The number of hydrogen-bond acceptors (Lipinski definition) is 7. The number of nitrogens with zero attached hydrogens (tertiary/aromatic N) is 7. The molecule has 3 aliphatic rings. The van der Waals surface area contributed by atoms with Crippen LogP contribution in [-0.2, 0) is 17.8 Å². The first kappa shape index (κ1) is 30.6. The second-order valence-corrected chi connectivity index (χ2v) is 13.3. The summed E-state index contributed by atoms with van der Waals surface area (Å²) >= 11 is 6.17. The molecule has 0 unspecified atom stereocenters. The predicted octanol–water partition coefficient (Wildman–Crippen LogP) is 4.42. The van der Waals surface area contributed by atoms with E-state index < -0.39 is 0 Å². The second kappa shape index (κ2) is 14.2. The van der Waals surface area contributed by atoms with Gasteiger partial charge in [0.2, 0.25) is 5.91 Å². The van der Waals surface area contributed by atoms with Crippen molar-refractivity contribution in [2.45, 2.75) is 82.8 Å². The number of nitrogens with one attached hydrogen (secondary N) is 1. The molecule has 234 valence electrons. The van der Waals surface area contributed by atoms with Gasteiger partial charge in [0.15, 0.2) is 0 Å². The van der Waals surface area contributed by atoms with Crippen LogP contribution in [0.15, 0.2) is 55.5 Å². The summed E-state index contributed by atoms with van der Waals surface area (Å²) in [7, 11) is 0. The van der Waals surface area contributed by atoms with Gasteiger partial charge in [-0.05, 0) is 74.0 Å². The third kappa shape index (κ3) is 7.29. The highest BCUT2D eigenvalue weighted by Gasteiger charge is 2.44. The summed E-state index contributed by atoms with van der Waals surface area (Å²) < 4.78 is 2.00. The van der Waals surface area contributed by atoms with Crippen molar-refractivity contribution in [3.63, 3.8) is 0 Å². The molecule has 0 spiro atoms. The molecule has 6 rings (SSSR count). The first-order chi connectivity index (χ1) is 21.5. The van der Waals surface area contributed by atoms with Gasteiger partial charge in [0.05, 0.1) is 12.2 Å². The molecule has 44 heavy (non-hydrogen) atoms. The molecule has 4 heterocycles. The maximum Gasteiger partial charge on any atom is 0.274 e. The molecule has 2 saturated heterocycles. The van der Waals surface area contributed by atoms with Crippen LogP contribution in [0.5, 0.6) is 0 Å². The lowest BCUT2D eigenvalue weighted by atomic mass is 9.63. The fourth-order valence-corrected chi connectivity index (χ4v) is 7.75. The Morgan fingerprint density at radius 3 is 2.34 bits per heavy atom. The van der Waals surface area contributed by atoms with Crippen molar-refractivity contribution in [2.75, 3.05) is 26.2 Å². The Kier molecular flexibility index (Phi) is 9.86. The van der Waals surface area contributed by atoms with Gasteiger partial charge in [0.1, 0.15) is 18.3 Å². The van der Waals surface area contributed by atoms with Crippen molar-refractivity contribution < 1.29 is 9.59 Å².